The van der Waals surface area contributed by atoms with Crippen molar-refractivity contribution in [2.45, 2.75) is 51.7 Å². The highest BCUT2D eigenvalue weighted by atomic mass is 32.1. The van der Waals surface area contributed by atoms with E-state index >= 15 is 0 Å². The summed E-state index contributed by atoms with van der Waals surface area (Å²) in [6, 6.07) is 0.939. The second kappa shape index (κ2) is 7.56. The average Bonchev–Trinajstić information content (AvgIpc) is 2.88. The molecule has 0 aliphatic heterocycles. The summed E-state index contributed by atoms with van der Waals surface area (Å²) < 4.78 is 5.51. The first kappa shape index (κ1) is 17.7. The number of aliphatic carboxylic acids is 1. The van der Waals surface area contributed by atoms with Crippen molar-refractivity contribution in [3.8, 4) is 0 Å². The van der Waals surface area contributed by atoms with E-state index in [4.69, 9.17) is 4.74 Å². The highest BCUT2D eigenvalue weighted by molar-refractivity contribution is 7.08. The first-order valence-electron chi connectivity index (χ1n) is 6.90. The quantitative estimate of drug-likeness (QED) is 0.811. The van der Waals surface area contributed by atoms with Crippen LogP contribution >= 0.6 is 11.3 Å². The third-order valence-corrected chi connectivity index (χ3v) is 3.69. The number of ether oxygens (including phenoxy) is 1. The van der Waals surface area contributed by atoms with Crippen LogP contribution in [0, 0.1) is 0 Å². The minimum atomic E-state index is -1.04. The average molecular weight is 313 g/mol. The molecule has 0 fully saturated rings. The molecule has 1 aromatic heterocycles. The van der Waals surface area contributed by atoms with Crippen LogP contribution in [0.4, 0.5) is 0 Å². The van der Waals surface area contributed by atoms with Crippen molar-refractivity contribution >= 4 is 23.2 Å². The van der Waals surface area contributed by atoms with Gasteiger partial charge < -0.3 is 15.2 Å². The number of carboxylic acids is 1. The number of carbonyl (C=O) groups is 2. The summed E-state index contributed by atoms with van der Waals surface area (Å²) in [5.41, 5.74) is 0.574. The molecule has 2 unspecified atom stereocenters. The first-order valence-corrected chi connectivity index (χ1v) is 7.84. The van der Waals surface area contributed by atoms with Gasteiger partial charge in [0.2, 0.25) is 5.91 Å². The minimum absolute atomic E-state index is 0.245. The summed E-state index contributed by atoms with van der Waals surface area (Å²) in [5, 5.41) is 15.6. The highest BCUT2D eigenvalue weighted by Crippen LogP contribution is 2.18. The predicted molar refractivity (Wildman–Crippen MR) is 82.6 cm³/mol. The van der Waals surface area contributed by atoms with Crippen molar-refractivity contribution in [3.05, 3.63) is 22.4 Å². The Kier molecular flexibility index (Phi) is 6.36. The van der Waals surface area contributed by atoms with Gasteiger partial charge in [-0.05, 0) is 50.1 Å². The Morgan fingerprint density at radius 1 is 1.43 bits per heavy atom. The fourth-order valence-corrected chi connectivity index (χ4v) is 2.46. The molecule has 21 heavy (non-hydrogen) atoms. The summed E-state index contributed by atoms with van der Waals surface area (Å²) in [6.07, 6.45) is 0.245. The third-order valence-electron chi connectivity index (χ3n) is 2.99. The van der Waals surface area contributed by atoms with E-state index in [1.165, 1.54) is 11.3 Å². The van der Waals surface area contributed by atoms with E-state index in [0.717, 1.165) is 5.56 Å². The molecule has 1 aromatic rings. The maximum Gasteiger partial charge on any atom is 0.326 e. The summed E-state index contributed by atoms with van der Waals surface area (Å²) in [5.74, 6) is -1.68. The van der Waals surface area contributed by atoms with Crippen LogP contribution in [0.15, 0.2) is 16.8 Å². The Bertz CT molecular complexity index is 465. The maximum atomic E-state index is 12.1. The Morgan fingerprint density at radius 3 is 2.57 bits per heavy atom. The van der Waals surface area contributed by atoms with Crippen molar-refractivity contribution in [2.24, 2.45) is 0 Å². The van der Waals surface area contributed by atoms with Crippen LogP contribution in [0.1, 0.15) is 45.6 Å². The van der Waals surface area contributed by atoms with Gasteiger partial charge in [-0.2, -0.15) is 11.3 Å². The Morgan fingerprint density at radius 2 is 2.10 bits per heavy atom. The molecule has 0 radical (unpaired) electrons. The molecule has 0 aliphatic carbocycles. The summed E-state index contributed by atoms with van der Waals surface area (Å²) >= 11 is 1.51. The lowest BCUT2D eigenvalue weighted by Gasteiger charge is -2.22. The molecule has 1 rings (SSSR count). The standard InChI is InChI=1S/C15H23NO4S/c1-10(11-6-8-21-9-11)13(17)16-12(14(18)19)5-7-20-15(2,3)4/h6,8-10,12H,5,7H2,1-4H3,(H,16,17)(H,18,19). The molecule has 0 spiro atoms. The normalized spacial score (nSPS) is 14.5. The lowest BCUT2D eigenvalue weighted by Crippen LogP contribution is -2.43. The Hall–Kier alpha value is -1.40. The fraction of sp³-hybridized carbons (Fsp3) is 0.600. The third kappa shape index (κ3) is 6.27. The van der Waals surface area contributed by atoms with E-state index < -0.39 is 12.0 Å². The molecule has 6 heteroatoms. The summed E-state index contributed by atoms with van der Waals surface area (Å²) in [4.78, 5) is 23.3. The van der Waals surface area contributed by atoms with E-state index in [0.29, 0.717) is 0 Å². The number of thiophene rings is 1. The summed E-state index contributed by atoms with van der Waals surface area (Å²) in [7, 11) is 0. The zero-order chi connectivity index (χ0) is 16.0. The van der Waals surface area contributed by atoms with Crippen LogP contribution in [-0.2, 0) is 14.3 Å². The van der Waals surface area contributed by atoms with Gasteiger partial charge in [0, 0.05) is 13.0 Å². The van der Waals surface area contributed by atoms with Crippen molar-refractivity contribution < 1.29 is 19.4 Å². The molecule has 1 amide bonds. The fourth-order valence-electron chi connectivity index (χ4n) is 1.71. The molecular weight excluding hydrogens is 290 g/mol. The predicted octanol–water partition coefficient (Wildman–Crippen LogP) is 2.63. The van der Waals surface area contributed by atoms with E-state index in [1.54, 1.807) is 6.92 Å². The second-order valence-electron chi connectivity index (χ2n) is 5.93. The second-order valence-corrected chi connectivity index (χ2v) is 6.71. The van der Waals surface area contributed by atoms with Crippen LogP contribution in [0.5, 0.6) is 0 Å². The summed E-state index contributed by atoms with van der Waals surface area (Å²) in [6.45, 7) is 7.76. The molecule has 1 heterocycles. The minimum Gasteiger partial charge on any atom is -0.480 e. The molecule has 0 aliphatic rings. The molecule has 2 N–H and O–H groups in total. The van der Waals surface area contributed by atoms with E-state index in [1.807, 2.05) is 37.6 Å². The number of nitrogens with one attached hydrogen (secondary N) is 1. The van der Waals surface area contributed by atoms with Gasteiger partial charge in [0.05, 0.1) is 11.5 Å². The van der Waals surface area contributed by atoms with Gasteiger partial charge in [0.15, 0.2) is 0 Å². The number of rotatable bonds is 7. The molecule has 0 saturated carbocycles. The van der Waals surface area contributed by atoms with Gasteiger partial charge in [0.1, 0.15) is 6.04 Å². The number of hydrogen-bond acceptors (Lipinski definition) is 4. The lowest BCUT2D eigenvalue weighted by molar-refractivity contribution is -0.143. The zero-order valence-electron chi connectivity index (χ0n) is 12.9. The first-order chi connectivity index (χ1) is 9.70. The van der Waals surface area contributed by atoms with Crippen LogP contribution in [0.25, 0.3) is 0 Å². The Balaban J connectivity index is 2.54. The van der Waals surface area contributed by atoms with Crippen LogP contribution < -0.4 is 5.32 Å². The SMILES string of the molecule is CC(C(=O)NC(CCOC(C)(C)C)C(=O)O)c1ccsc1. The van der Waals surface area contributed by atoms with Crippen molar-refractivity contribution in [1.82, 2.24) is 5.32 Å². The molecule has 0 saturated heterocycles. The van der Waals surface area contributed by atoms with E-state index in [9.17, 15) is 14.7 Å². The van der Waals surface area contributed by atoms with Crippen molar-refractivity contribution in [3.63, 3.8) is 0 Å². The van der Waals surface area contributed by atoms with Gasteiger partial charge >= 0.3 is 5.97 Å². The van der Waals surface area contributed by atoms with E-state index in [2.05, 4.69) is 5.32 Å². The molecule has 5 nitrogen and oxygen atoms in total. The van der Waals surface area contributed by atoms with Crippen LogP contribution in [0.2, 0.25) is 0 Å². The maximum absolute atomic E-state index is 12.1. The van der Waals surface area contributed by atoms with Crippen molar-refractivity contribution in [1.29, 1.82) is 0 Å². The molecule has 118 valence electrons. The van der Waals surface area contributed by atoms with E-state index in [-0.39, 0.29) is 30.5 Å². The van der Waals surface area contributed by atoms with Gasteiger partial charge in [-0.15, -0.1) is 0 Å². The molecular formula is C15H23NO4S. The Labute approximate surface area is 129 Å². The number of amides is 1. The molecule has 2 atom stereocenters. The van der Waals surface area contributed by atoms with Crippen molar-refractivity contribution in [2.75, 3.05) is 6.61 Å². The monoisotopic (exact) mass is 313 g/mol. The highest BCUT2D eigenvalue weighted by Gasteiger charge is 2.24. The number of carbonyl (C=O) groups excluding carboxylic acids is 1. The molecule has 0 aromatic carbocycles. The van der Waals surface area contributed by atoms with Crippen LogP contribution in [0.3, 0.4) is 0 Å². The largest absolute Gasteiger partial charge is 0.480 e. The van der Waals surface area contributed by atoms with Crippen LogP contribution in [-0.4, -0.2) is 35.2 Å². The number of carboxylic acid groups (broad SMARTS) is 1. The van der Waals surface area contributed by atoms with Gasteiger partial charge in [-0.25, -0.2) is 4.79 Å². The zero-order valence-corrected chi connectivity index (χ0v) is 13.7. The van der Waals surface area contributed by atoms with Gasteiger partial charge in [-0.1, -0.05) is 0 Å². The topological polar surface area (TPSA) is 75.6 Å². The smallest absolute Gasteiger partial charge is 0.326 e. The van der Waals surface area contributed by atoms with Gasteiger partial charge in [0.25, 0.3) is 0 Å². The molecule has 0 bridgehead atoms. The number of hydrogen-bond donors (Lipinski definition) is 2. The lowest BCUT2D eigenvalue weighted by atomic mass is 10.0. The van der Waals surface area contributed by atoms with Gasteiger partial charge in [-0.3, -0.25) is 4.79 Å².